The van der Waals surface area contributed by atoms with Crippen LogP contribution in [-0.4, -0.2) is 20.7 Å². The molecule has 6 nitrogen and oxygen atoms in total. The highest BCUT2D eigenvalue weighted by molar-refractivity contribution is 5.60. The van der Waals surface area contributed by atoms with Crippen LogP contribution in [0.2, 0.25) is 0 Å². The summed E-state index contributed by atoms with van der Waals surface area (Å²) in [5, 5.41) is 18.3. The second-order valence-electron chi connectivity index (χ2n) is 4.42. The van der Waals surface area contributed by atoms with Gasteiger partial charge in [0.15, 0.2) is 0 Å². The maximum absolute atomic E-state index is 11.1. The Hall–Kier alpha value is -1.59. The van der Waals surface area contributed by atoms with Gasteiger partial charge in [0.25, 0.3) is 0 Å². The molecule has 0 aromatic carbocycles. The van der Waals surface area contributed by atoms with Crippen molar-refractivity contribution in [2.45, 2.75) is 39.7 Å². The summed E-state index contributed by atoms with van der Waals surface area (Å²) in [6.07, 6.45) is 0. The van der Waals surface area contributed by atoms with Crippen LogP contribution in [0.4, 0.5) is 11.5 Å². The van der Waals surface area contributed by atoms with Gasteiger partial charge in [0.2, 0.25) is 5.82 Å². The zero-order valence-corrected chi connectivity index (χ0v) is 10.3. The van der Waals surface area contributed by atoms with E-state index in [1.54, 1.807) is 7.05 Å². The number of aryl methyl sites for hydroxylation is 1. The van der Waals surface area contributed by atoms with Crippen molar-refractivity contribution < 1.29 is 4.92 Å². The molecule has 0 aliphatic carbocycles. The molecular weight excluding hydrogens is 208 g/mol. The van der Waals surface area contributed by atoms with Crippen molar-refractivity contribution in [2.75, 3.05) is 5.32 Å². The molecule has 0 aliphatic rings. The van der Waals surface area contributed by atoms with E-state index in [0.29, 0.717) is 11.5 Å². The highest BCUT2D eigenvalue weighted by atomic mass is 16.6. The molecule has 1 aromatic rings. The van der Waals surface area contributed by atoms with Crippen LogP contribution in [0.15, 0.2) is 0 Å². The third kappa shape index (κ3) is 2.32. The maximum Gasteiger partial charge on any atom is 0.334 e. The normalized spacial score (nSPS) is 11.2. The minimum absolute atomic E-state index is 0.0364. The standard InChI is InChI=1S/C10H18N4O2/c1-6(2)8-9(14(15)16)10(11-7(3)4)13(5)12-8/h6-7,11H,1-5H3. The lowest BCUT2D eigenvalue weighted by atomic mass is 10.1. The van der Waals surface area contributed by atoms with Crippen LogP contribution in [0.3, 0.4) is 0 Å². The van der Waals surface area contributed by atoms with Crippen molar-refractivity contribution in [3.05, 3.63) is 15.8 Å². The zero-order chi connectivity index (χ0) is 12.5. The van der Waals surface area contributed by atoms with E-state index in [1.165, 1.54) is 4.68 Å². The van der Waals surface area contributed by atoms with Crippen LogP contribution >= 0.6 is 0 Å². The molecule has 90 valence electrons. The largest absolute Gasteiger partial charge is 0.362 e. The second-order valence-corrected chi connectivity index (χ2v) is 4.42. The van der Waals surface area contributed by atoms with Crippen LogP contribution in [0.1, 0.15) is 39.3 Å². The summed E-state index contributed by atoms with van der Waals surface area (Å²) >= 11 is 0. The topological polar surface area (TPSA) is 73.0 Å². The van der Waals surface area contributed by atoms with E-state index in [-0.39, 0.29) is 22.6 Å². The molecule has 0 fully saturated rings. The summed E-state index contributed by atoms with van der Waals surface area (Å²) in [4.78, 5) is 10.7. The molecule has 1 heterocycles. The molecule has 1 rings (SSSR count). The zero-order valence-electron chi connectivity index (χ0n) is 10.3. The summed E-state index contributed by atoms with van der Waals surface area (Å²) < 4.78 is 1.54. The summed E-state index contributed by atoms with van der Waals surface area (Å²) in [6, 6.07) is 0.133. The van der Waals surface area contributed by atoms with Crippen molar-refractivity contribution in [1.82, 2.24) is 9.78 Å². The van der Waals surface area contributed by atoms with Gasteiger partial charge in [0.05, 0.1) is 4.92 Å². The van der Waals surface area contributed by atoms with Gasteiger partial charge >= 0.3 is 5.69 Å². The quantitative estimate of drug-likeness (QED) is 0.631. The van der Waals surface area contributed by atoms with Crippen molar-refractivity contribution in [2.24, 2.45) is 7.05 Å². The first-order valence-electron chi connectivity index (χ1n) is 5.32. The molecule has 6 heteroatoms. The van der Waals surface area contributed by atoms with E-state index in [2.05, 4.69) is 10.4 Å². The number of nitrogens with one attached hydrogen (secondary N) is 1. The first kappa shape index (κ1) is 12.5. The van der Waals surface area contributed by atoms with E-state index in [9.17, 15) is 10.1 Å². The summed E-state index contributed by atoms with van der Waals surface area (Å²) in [6.45, 7) is 7.67. The van der Waals surface area contributed by atoms with E-state index in [0.717, 1.165) is 0 Å². The Kier molecular flexibility index (Phi) is 3.51. The van der Waals surface area contributed by atoms with E-state index < -0.39 is 0 Å². The molecule has 0 radical (unpaired) electrons. The summed E-state index contributed by atoms with van der Waals surface area (Å²) in [5.74, 6) is 0.512. The van der Waals surface area contributed by atoms with Gasteiger partial charge in [-0.3, -0.25) is 10.1 Å². The Morgan fingerprint density at radius 1 is 1.38 bits per heavy atom. The number of aromatic nitrogens is 2. The molecule has 1 aromatic heterocycles. The molecule has 0 aliphatic heterocycles. The van der Waals surface area contributed by atoms with Crippen molar-refractivity contribution in [3.8, 4) is 0 Å². The van der Waals surface area contributed by atoms with Gasteiger partial charge < -0.3 is 5.32 Å². The average molecular weight is 226 g/mol. The highest BCUT2D eigenvalue weighted by Crippen LogP contribution is 2.32. The van der Waals surface area contributed by atoms with Gasteiger partial charge in [-0.1, -0.05) is 13.8 Å². The predicted octanol–water partition coefficient (Wildman–Crippen LogP) is 2.27. The fraction of sp³-hybridized carbons (Fsp3) is 0.700. The Bertz CT molecular complexity index is 396. The first-order chi connectivity index (χ1) is 7.34. The fourth-order valence-corrected chi connectivity index (χ4v) is 1.54. The Balaban J connectivity index is 3.30. The van der Waals surface area contributed by atoms with Gasteiger partial charge in [-0.05, 0) is 13.8 Å². The summed E-state index contributed by atoms with van der Waals surface area (Å²) in [5.41, 5.74) is 0.613. The molecule has 16 heavy (non-hydrogen) atoms. The molecule has 0 unspecified atom stereocenters. The van der Waals surface area contributed by atoms with Crippen LogP contribution < -0.4 is 5.32 Å². The number of nitro groups is 1. The third-order valence-corrected chi connectivity index (χ3v) is 2.20. The number of rotatable bonds is 4. The minimum Gasteiger partial charge on any atom is -0.362 e. The number of hydrogen-bond donors (Lipinski definition) is 1. The van der Waals surface area contributed by atoms with Crippen LogP contribution in [0.25, 0.3) is 0 Å². The van der Waals surface area contributed by atoms with Gasteiger partial charge in [0.1, 0.15) is 5.69 Å². The molecule has 0 saturated heterocycles. The summed E-state index contributed by atoms with van der Waals surface area (Å²) in [7, 11) is 1.71. The van der Waals surface area contributed by atoms with Crippen LogP contribution in [-0.2, 0) is 7.05 Å². The first-order valence-corrected chi connectivity index (χ1v) is 5.32. The van der Waals surface area contributed by atoms with Crippen LogP contribution in [0, 0.1) is 10.1 Å². The van der Waals surface area contributed by atoms with Crippen molar-refractivity contribution in [3.63, 3.8) is 0 Å². The van der Waals surface area contributed by atoms with Gasteiger partial charge in [0, 0.05) is 19.0 Å². The number of nitrogens with zero attached hydrogens (tertiary/aromatic N) is 3. The minimum atomic E-state index is -0.368. The Morgan fingerprint density at radius 3 is 2.31 bits per heavy atom. The number of hydrogen-bond acceptors (Lipinski definition) is 4. The van der Waals surface area contributed by atoms with E-state index in [1.807, 2.05) is 27.7 Å². The molecular formula is C10H18N4O2. The molecule has 0 amide bonds. The average Bonchev–Trinajstić information content (AvgIpc) is 2.43. The lowest BCUT2D eigenvalue weighted by molar-refractivity contribution is -0.384. The molecule has 0 atom stereocenters. The number of anilines is 1. The van der Waals surface area contributed by atoms with Gasteiger partial charge in [-0.25, -0.2) is 4.68 Å². The van der Waals surface area contributed by atoms with Crippen LogP contribution in [0.5, 0.6) is 0 Å². The monoisotopic (exact) mass is 226 g/mol. The predicted molar refractivity (Wildman–Crippen MR) is 62.7 cm³/mol. The Morgan fingerprint density at radius 2 is 1.94 bits per heavy atom. The molecule has 0 spiro atoms. The van der Waals surface area contributed by atoms with Crippen molar-refractivity contribution >= 4 is 11.5 Å². The van der Waals surface area contributed by atoms with E-state index in [4.69, 9.17) is 0 Å². The highest BCUT2D eigenvalue weighted by Gasteiger charge is 2.28. The van der Waals surface area contributed by atoms with Gasteiger partial charge in [-0.2, -0.15) is 5.10 Å². The van der Waals surface area contributed by atoms with E-state index >= 15 is 0 Å². The molecule has 0 bridgehead atoms. The SMILES string of the molecule is CC(C)Nc1c([N+](=O)[O-])c(C(C)C)nn1C. The van der Waals surface area contributed by atoms with Gasteiger partial charge in [-0.15, -0.1) is 0 Å². The Labute approximate surface area is 94.8 Å². The lowest BCUT2D eigenvalue weighted by Crippen LogP contribution is -2.14. The smallest absolute Gasteiger partial charge is 0.334 e. The second kappa shape index (κ2) is 4.51. The van der Waals surface area contributed by atoms with Crippen molar-refractivity contribution in [1.29, 1.82) is 0 Å². The fourth-order valence-electron chi connectivity index (χ4n) is 1.54. The third-order valence-electron chi connectivity index (χ3n) is 2.20. The molecule has 1 N–H and O–H groups in total. The maximum atomic E-state index is 11.1. The lowest BCUT2D eigenvalue weighted by Gasteiger charge is -2.08. The molecule has 0 saturated carbocycles.